The monoisotopic (exact) mass is 695 g/mol. The van der Waals surface area contributed by atoms with E-state index in [-0.39, 0.29) is 31.1 Å². The molecule has 49 heavy (non-hydrogen) atoms. The Hall–Kier alpha value is -1.59. The van der Waals surface area contributed by atoms with Crippen LogP contribution in [0.1, 0.15) is 233 Å². The number of hydrogen-bond acceptors (Lipinski definition) is 6. The summed E-state index contributed by atoms with van der Waals surface area (Å²) in [6, 6.07) is 0. The minimum atomic E-state index is -0.757. The summed E-state index contributed by atoms with van der Waals surface area (Å²) in [6.45, 7) is 8.89. The van der Waals surface area contributed by atoms with E-state index in [9.17, 15) is 14.4 Å². The van der Waals surface area contributed by atoms with Crippen molar-refractivity contribution in [3.8, 4) is 0 Å². The van der Waals surface area contributed by atoms with Gasteiger partial charge in [0.25, 0.3) is 0 Å². The molecule has 0 saturated heterocycles. The van der Waals surface area contributed by atoms with Crippen molar-refractivity contribution < 1.29 is 28.6 Å². The van der Waals surface area contributed by atoms with Crippen LogP contribution in [0.3, 0.4) is 0 Å². The zero-order valence-electron chi connectivity index (χ0n) is 33.1. The van der Waals surface area contributed by atoms with Gasteiger partial charge in [-0.25, -0.2) is 0 Å². The van der Waals surface area contributed by atoms with E-state index in [1.54, 1.807) is 0 Å². The minimum Gasteiger partial charge on any atom is -0.462 e. The lowest BCUT2D eigenvalue weighted by Crippen LogP contribution is -2.30. The zero-order valence-corrected chi connectivity index (χ0v) is 33.1. The molecule has 0 bridgehead atoms. The van der Waals surface area contributed by atoms with Crippen LogP contribution in [0, 0.1) is 5.92 Å². The van der Waals surface area contributed by atoms with E-state index >= 15 is 0 Å². The van der Waals surface area contributed by atoms with Crippen LogP contribution in [0.5, 0.6) is 0 Å². The van der Waals surface area contributed by atoms with Crippen molar-refractivity contribution in [3.05, 3.63) is 0 Å². The third kappa shape index (κ3) is 37.5. The van der Waals surface area contributed by atoms with Crippen molar-refractivity contribution in [2.45, 2.75) is 239 Å². The summed E-state index contributed by atoms with van der Waals surface area (Å²) in [5, 5.41) is 0. The lowest BCUT2D eigenvalue weighted by Gasteiger charge is -2.18. The quantitative estimate of drug-likeness (QED) is 0.0364. The molecule has 0 N–H and O–H groups in total. The molecule has 0 aromatic carbocycles. The molecule has 6 heteroatoms. The molecule has 0 aromatic rings. The predicted molar refractivity (Wildman–Crippen MR) is 206 cm³/mol. The second-order valence-electron chi connectivity index (χ2n) is 15.1. The van der Waals surface area contributed by atoms with Crippen molar-refractivity contribution in [1.82, 2.24) is 0 Å². The molecule has 0 aliphatic rings. The van der Waals surface area contributed by atoms with Gasteiger partial charge in [0, 0.05) is 19.3 Å². The molecule has 0 fully saturated rings. The fourth-order valence-corrected chi connectivity index (χ4v) is 6.27. The first kappa shape index (κ1) is 47.4. The average Bonchev–Trinajstić information content (AvgIpc) is 3.08. The summed E-state index contributed by atoms with van der Waals surface area (Å²) in [6.07, 6.45) is 35.4. The smallest absolute Gasteiger partial charge is 0.306 e. The number of rotatable bonds is 38. The van der Waals surface area contributed by atoms with E-state index in [4.69, 9.17) is 14.2 Å². The van der Waals surface area contributed by atoms with Gasteiger partial charge < -0.3 is 14.2 Å². The van der Waals surface area contributed by atoms with Crippen LogP contribution in [0.2, 0.25) is 0 Å². The Kier molecular flexibility index (Phi) is 36.4. The molecule has 0 aliphatic carbocycles. The normalized spacial score (nSPS) is 11.9. The molecule has 0 amide bonds. The molecule has 0 aliphatic heterocycles. The molecule has 0 saturated carbocycles. The van der Waals surface area contributed by atoms with Gasteiger partial charge in [-0.15, -0.1) is 0 Å². The summed E-state index contributed by atoms with van der Waals surface area (Å²) in [5.41, 5.74) is 0. The Balaban J connectivity index is 4.22. The highest BCUT2D eigenvalue weighted by Gasteiger charge is 2.19. The third-order valence-corrected chi connectivity index (χ3v) is 9.54. The molecule has 0 aromatic heterocycles. The maximum Gasteiger partial charge on any atom is 0.306 e. The molecule has 6 nitrogen and oxygen atoms in total. The van der Waals surface area contributed by atoms with Crippen molar-refractivity contribution >= 4 is 17.9 Å². The predicted octanol–water partition coefficient (Wildman–Crippen LogP) is 13.2. The first-order valence-corrected chi connectivity index (χ1v) is 21.4. The number of ether oxygens (including phenoxy) is 3. The van der Waals surface area contributed by atoms with E-state index in [0.29, 0.717) is 19.3 Å². The first-order chi connectivity index (χ1) is 23.9. The molecular weight excluding hydrogens is 612 g/mol. The van der Waals surface area contributed by atoms with E-state index in [1.807, 2.05) is 0 Å². The number of carbonyl (C=O) groups is 3. The Labute approximate surface area is 304 Å². The molecule has 0 unspecified atom stereocenters. The summed E-state index contributed by atoms with van der Waals surface area (Å²) >= 11 is 0. The lowest BCUT2D eigenvalue weighted by molar-refractivity contribution is -0.167. The van der Waals surface area contributed by atoms with Gasteiger partial charge in [0.05, 0.1) is 0 Å². The topological polar surface area (TPSA) is 78.9 Å². The largest absolute Gasteiger partial charge is 0.462 e. The van der Waals surface area contributed by atoms with E-state index < -0.39 is 6.10 Å². The molecule has 0 spiro atoms. The van der Waals surface area contributed by atoms with E-state index in [1.165, 1.54) is 122 Å². The fraction of sp³-hybridized carbons (Fsp3) is 0.930. The summed E-state index contributed by atoms with van der Waals surface area (Å²) in [7, 11) is 0. The van der Waals surface area contributed by atoms with Crippen LogP contribution in [-0.4, -0.2) is 37.2 Å². The first-order valence-electron chi connectivity index (χ1n) is 21.4. The lowest BCUT2D eigenvalue weighted by atomic mass is 10.0. The van der Waals surface area contributed by atoms with Crippen molar-refractivity contribution in [2.24, 2.45) is 5.92 Å². The zero-order chi connectivity index (χ0) is 36.0. The van der Waals surface area contributed by atoms with Gasteiger partial charge in [0.2, 0.25) is 0 Å². The van der Waals surface area contributed by atoms with Gasteiger partial charge in [0.1, 0.15) is 13.2 Å². The molecule has 0 radical (unpaired) electrons. The standard InChI is InChI=1S/C43H82O6/c1-5-7-9-11-12-13-14-15-16-20-23-27-31-35-42(45)48-38-40(37-47-41(44)34-30-25-10-8-6-2)49-43(46)36-32-28-24-21-18-17-19-22-26-29-33-39(3)4/h39-40H,5-38H2,1-4H3/t40-/m0/s1. The number of unbranched alkanes of at least 4 members (excludes halogenated alkanes) is 25. The van der Waals surface area contributed by atoms with E-state index in [0.717, 1.165) is 70.1 Å². The van der Waals surface area contributed by atoms with E-state index in [2.05, 4.69) is 27.7 Å². The SMILES string of the molecule is CCCCCCCCCCCCCCCC(=O)OC[C@H](COC(=O)CCCCCCC)OC(=O)CCCCCCCCCCCCC(C)C. The molecule has 290 valence electrons. The average molecular weight is 695 g/mol. The van der Waals surface area contributed by atoms with Crippen LogP contribution < -0.4 is 0 Å². The van der Waals surface area contributed by atoms with Crippen LogP contribution in [0.25, 0.3) is 0 Å². The second-order valence-corrected chi connectivity index (χ2v) is 15.1. The highest BCUT2D eigenvalue weighted by Crippen LogP contribution is 2.16. The Bertz CT molecular complexity index is 736. The molecule has 0 rings (SSSR count). The van der Waals surface area contributed by atoms with Crippen LogP contribution in [0.4, 0.5) is 0 Å². The minimum absolute atomic E-state index is 0.0652. The van der Waals surface area contributed by atoms with Gasteiger partial charge in [-0.05, 0) is 25.2 Å². The highest BCUT2D eigenvalue weighted by molar-refractivity contribution is 5.71. The van der Waals surface area contributed by atoms with Crippen LogP contribution >= 0.6 is 0 Å². The van der Waals surface area contributed by atoms with Gasteiger partial charge >= 0.3 is 17.9 Å². The second kappa shape index (κ2) is 37.7. The van der Waals surface area contributed by atoms with Gasteiger partial charge in [0.15, 0.2) is 6.10 Å². The Morgan fingerprint density at radius 1 is 0.388 bits per heavy atom. The summed E-state index contributed by atoms with van der Waals surface area (Å²) in [5.74, 6) is -0.0558. The Morgan fingerprint density at radius 2 is 0.673 bits per heavy atom. The molecular formula is C43H82O6. The number of carbonyl (C=O) groups excluding carboxylic acids is 3. The summed E-state index contributed by atoms with van der Waals surface area (Å²) in [4.78, 5) is 37.4. The third-order valence-electron chi connectivity index (χ3n) is 9.54. The van der Waals surface area contributed by atoms with Gasteiger partial charge in [-0.3, -0.25) is 14.4 Å². The van der Waals surface area contributed by atoms with Crippen LogP contribution in [-0.2, 0) is 28.6 Å². The number of hydrogen-bond donors (Lipinski definition) is 0. The summed E-state index contributed by atoms with van der Waals surface area (Å²) < 4.78 is 16.6. The molecule has 1 atom stereocenters. The number of esters is 3. The van der Waals surface area contributed by atoms with Crippen molar-refractivity contribution in [1.29, 1.82) is 0 Å². The van der Waals surface area contributed by atoms with Crippen molar-refractivity contribution in [2.75, 3.05) is 13.2 Å². The maximum absolute atomic E-state index is 12.6. The maximum atomic E-state index is 12.6. The van der Waals surface area contributed by atoms with Crippen molar-refractivity contribution in [3.63, 3.8) is 0 Å². The Morgan fingerprint density at radius 3 is 1.00 bits per heavy atom. The van der Waals surface area contributed by atoms with Gasteiger partial charge in [-0.1, -0.05) is 195 Å². The molecule has 0 heterocycles. The fourth-order valence-electron chi connectivity index (χ4n) is 6.27. The van der Waals surface area contributed by atoms with Crippen LogP contribution in [0.15, 0.2) is 0 Å². The van der Waals surface area contributed by atoms with Gasteiger partial charge in [-0.2, -0.15) is 0 Å². The highest BCUT2D eigenvalue weighted by atomic mass is 16.6.